The molecule has 80 valence electrons. The molecule has 0 radical (unpaired) electrons. The Labute approximate surface area is 84.9 Å². The summed E-state index contributed by atoms with van der Waals surface area (Å²) in [6, 6.07) is 0. The van der Waals surface area contributed by atoms with Crippen molar-refractivity contribution in [2.45, 2.75) is 50.5 Å². The van der Waals surface area contributed by atoms with Gasteiger partial charge in [-0.15, -0.1) is 0 Å². The molecule has 2 aliphatic carbocycles. The average Bonchev–Trinajstić information content (AvgIpc) is 2.85. The van der Waals surface area contributed by atoms with Gasteiger partial charge in [-0.25, -0.2) is 0 Å². The van der Waals surface area contributed by atoms with Crippen LogP contribution in [0.3, 0.4) is 0 Å². The Hall–Kier alpha value is -0.570. The third-order valence-electron chi connectivity index (χ3n) is 3.32. The molecule has 3 nitrogen and oxygen atoms in total. The second-order valence-corrected chi connectivity index (χ2v) is 4.86. The van der Waals surface area contributed by atoms with Crippen LogP contribution in [0.15, 0.2) is 0 Å². The van der Waals surface area contributed by atoms with E-state index < -0.39 is 5.60 Å². The lowest BCUT2D eigenvalue weighted by molar-refractivity contribution is -0.122. The summed E-state index contributed by atoms with van der Waals surface area (Å²) in [7, 11) is 0. The molecule has 0 bridgehead atoms. The summed E-state index contributed by atoms with van der Waals surface area (Å²) in [6.45, 7) is 0.457. The van der Waals surface area contributed by atoms with Crippen LogP contribution in [-0.4, -0.2) is 23.2 Å². The molecule has 3 heteroatoms. The molecule has 0 spiro atoms. The van der Waals surface area contributed by atoms with Crippen LogP contribution in [0, 0.1) is 5.92 Å². The molecular weight excluding hydrogens is 178 g/mol. The zero-order valence-corrected chi connectivity index (χ0v) is 8.59. The van der Waals surface area contributed by atoms with E-state index in [0.717, 1.165) is 25.7 Å². The summed E-state index contributed by atoms with van der Waals surface area (Å²) in [6.07, 6.45) is 6.95. The molecule has 0 aromatic rings. The smallest absolute Gasteiger partial charge is 0.220 e. The first kappa shape index (κ1) is 9.97. The van der Waals surface area contributed by atoms with Crippen molar-refractivity contribution in [3.63, 3.8) is 0 Å². The third kappa shape index (κ3) is 2.71. The second kappa shape index (κ2) is 3.89. The van der Waals surface area contributed by atoms with Crippen LogP contribution in [0.2, 0.25) is 0 Å². The van der Waals surface area contributed by atoms with Crippen LogP contribution in [0.5, 0.6) is 0 Å². The molecule has 0 atom stereocenters. The topological polar surface area (TPSA) is 49.3 Å². The highest BCUT2D eigenvalue weighted by Crippen LogP contribution is 2.32. The molecular formula is C11H19NO2. The summed E-state index contributed by atoms with van der Waals surface area (Å²) in [5.41, 5.74) is -0.598. The number of amides is 1. The van der Waals surface area contributed by atoms with Crippen LogP contribution < -0.4 is 5.32 Å². The Morgan fingerprint density at radius 1 is 1.36 bits per heavy atom. The number of carbonyl (C=O) groups excluding carboxylic acids is 1. The number of carbonyl (C=O) groups is 1. The molecule has 14 heavy (non-hydrogen) atoms. The highest BCUT2D eigenvalue weighted by Gasteiger charge is 2.32. The van der Waals surface area contributed by atoms with Crippen molar-refractivity contribution in [3.8, 4) is 0 Å². The molecule has 2 aliphatic rings. The van der Waals surface area contributed by atoms with Crippen molar-refractivity contribution in [3.05, 3.63) is 0 Å². The van der Waals surface area contributed by atoms with Crippen molar-refractivity contribution in [1.82, 2.24) is 5.32 Å². The van der Waals surface area contributed by atoms with Gasteiger partial charge in [0, 0.05) is 13.0 Å². The molecule has 0 heterocycles. The molecule has 2 saturated carbocycles. The predicted octanol–water partition coefficient (Wildman–Crippen LogP) is 1.21. The zero-order chi connectivity index (χ0) is 10.0. The number of nitrogens with one attached hydrogen (secondary N) is 1. The second-order valence-electron chi connectivity index (χ2n) is 4.86. The number of hydrogen-bond acceptors (Lipinski definition) is 2. The van der Waals surface area contributed by atoms with Crippen molar-refractivity contribution in [1.29, 1.82) is 0 Å². The Bertz CT molecular complexity index is 217. The van der Waals surface area contributed by atoms with E-state index in [2.05, 4.69) is 5.32 Å². The first-order valence-electron chi connectivity index (χ1n) is 5.67. The quantitative estimate of drug-likeness (QED) is 0.711. The van der Waals surface area contributed by atoms with Crippen LogP contribution in [0.1, 0.15) is 44.9 Å². The lowest BCUT2D eigenvalue weighted by atomic mass is 10.0. The summed E-state index contributed by atoms with van der Waals surface area (Å²) in [5.74, 6) is 0.751. The van der Waals surface area contributed by atoms with Crippen molar-refractivity contribution >= 4 is 5.91 Å². The van der Waals surface area contributed by atoms with Crippen LogP contribution in [-0.2, 0) is 4.79 Å². The fourth-order valence-electron chi connectivity index (χ4n) is 2.13. The molecule has 2 N–H and O–H groups in total. The Morgan fingerprint density at radius 3 is 2.57 bits per heavy atom. The van der Waals surface area contributed by atoms with E-state index in [0.29, 0.717) is 18.9 Å². The van der Waals surface area contributed by atoms with Gasteiger partial charge in [0.1, 0.15) is 0 Å². The maximum atomic E-state index is 11.4. The lowest BCUT2D eigenvalue weighted by Crippen LogP contribution is -2.40. The average molecular weight is 197 g/mol. The first-order chi connectivity index (χ1) is 6.68. The summed E-state index contributed by atoms with van der Waals surface area (Å²) in [5, 5.41) is 12.8. The third-order valence-corrected chi connectivity index (χ3v) is 3.32. The summed E-state index contributed by atoms with van der Waals surface area (Å²) in [4.78, 5) is 11.4. The van der Waals surface area contributed by atoms with Gasteiger partial charge < -0.3 is 10.4 Å². The monoisotopic (exact) mass is 197 g/mol. The minimum atomic E-state index is -0.598. The molecule has 0 saturated heterocycles. The highest BCUT2D eigenvalue weighted by molar-refractivity contribution is 5.76. The Kier molecular flexibility index (Phi) is 2.77. The summed E-state index contributed by atoms with van der Waals surface area (Å²) < 4.78 is 0. The fraction of sp³-hybridized carbons (Fsp3) is 0.909. The molecule has 2 rings (SSSR count). The van der Waals surface area contributed by atoms with Gasteiger partial charge in [-0.05, 0) is 31.6 Å². The molecule has 1 amide bonds. The number of hydrogen-bond donors (Lipinski definition) is 2. The van der Waals surface area contributed by atoms with E-state index >= 15 is 0 Å². The van der Waals surface area contributed by atoms with Crippen LogP contribution in [0.25, 0.3) is 0 Å². The molecule has 0 aromatic carbocycles. The van der Waals surface area contributed by atoms with Gasteiger partial charge >= 0.3 is 0 Å². The zero-order valence-electron chi connectivity index (χ0n) is 8.59. The van der Waals surface area contributed by atoms with E-state index in [9.17, 15) is 9.90 Å². The van der Waals surface area contributed by atoms with E-state index in [1.54, 1.807) is 0 Å². The van der Waals surface area contributed by atoms with Gasteiger partial charge in [0.05, 0.1) is 5.60 Å². The predicted molar refractivity (Wildman–Crippen MR) is 53.8 cm³/mol. The lowest BCUT2D eigenvalue weighted by Gasteiger charge is -2.22. The van der Waals surface area contributed by atoms with Crippen LogP contribution in [0.4, 0.5) is 0 Å². The van der Waals surface area contributed by atoms with Gasteiger partial charge in [0.2, 0.25) is 5.91 Å². The van der Waals surface area contributed by atoms with Crippen LogP contribution >= 0.6 is 0 Å². The maximum Gasteiger partial charge on any atom is 0.220 e. The minimum Gasteiger partial charge on any atom is -0.388 e. The van der Waals surface area contributed by atoms with Crippen molar-refractivity contribution in [2.24, 2.45) is 5.92 Å². The Balaban J connectivity index is 1.67. The SMILES string of the molecule is O=C(CC1CC1)NCC1(O)CCCC1. The molecule has 0 aliphatic heterocycles. The maximum absolute atomic E-state index is 11.4. The van der Waals surface area contributed by atoms with Gasteiger partial charge in [-0.3, -0.25) is 4.79 Å². The standard InChI is InChI=1S/C11H19NO2/c13-10(7-9-3-4-9)12-8-11(14)5-1-2-6-11/h9,14H,1-8H2,(H,12,13). The first-order valence-corrected chi connectivity index (χ1v) is 5.67. The van der Waals surface area contributed by atoms with Crippen molar-refractivity contribution < 1.29 is 9.90 Å². The Morgan fingerprint density at radius 2 is 2.00 bits per heavy atom. The molecule has 0 unspecified atom stereocenters. The van der Waals surface area contributed by atoms with Crippen molar-refractivity contribution in [2.75, 3.05) is 6.54 Å². The number of rotatable bonds is 4. The van der Waals surface area contributed by atoms with Gasteiger partial charge in [-0.1, -0.05) is 12.8 Å². The van der Waals surface area contributed by atoms with Gasteiger partial charge in [0.15, 0.2) is 0 Å². The van der Waals surface area contributed by atoms with E-state index in [1.165, 1.54) is 12.8 Å². The molecule has 0 aromatic heterocycles. The van der Waals surface area contributed by atoms with E-state index in [4.69, 9.17) is 0 Å². The van der Waals surface area contributed by atoms with E-state index in [-0.39, 0.29) is 5.91 Å². The van der Waals surface area contributed by atoms with E-state index in [1.807, 2.05) is 0 Å². The summed E-state index contributed by atoms with van der Waals surface area (Å²) >= 11 is 0. The fourth-order valence-corrected chi connectivity index (χ4v) is 2.13. The molecule has 2 fully saturated rings. The van der Waals surface area contributed by atoms with Gasteiger partial charge in [0.25, 0.3) is 0 Å². The number of aliphatic hydroxyl groups is 1. The highest BCUT2D eigenvalue weighted by atomic mass is 16.3. The minimum absolute atomic E-state index is 0.118. The largest absolute Gasteiger partial charge is 0.388 e. The van der Waals surface area contributed by atoms with Gasteiger partial charge in [-0.2, -0.15) is 0 Å². The normalized spacial score (nSPS) is 24.9.